The number of nitrogens with zero attached hydrogens (tertiary/aromatic N) is 1. The molecule has 1 heterocycles. The van der Waals surface area contributed by atoms with Gasteiger partial charge >= 0.3 is 0 Å². The molecule has 1 aliphatic rings. The normalized spacial score (nSPS) is 14.8. The van der Waals surface area contributed by atoms with Crippen LogP contribution < -0.4 is 10.1 Å². The van der Waals surface area contributed by atoms with Crippen LogP contribution in [0.15, 0.2) is 48.5 Å². The number of benzene rings is 2. The van der Waals surface area contributed by atoms with Crippen molar-refractivity contribution in [3.8, 4) is 5.75 Å². The second-order valence-electron chi connectivity index (χ2n) is 6.16. The second kappa shape index (κ2) is 8.02. The lowest BCUT2D eigenvalue weighted by Crippen LogP contribution is -2.21. The van der Waals surface area contributed by atoms with Crippen LogP contribution in [0, 0.1) is 0 Å². The summed E-state index contributed by atoms with van der Waals surface area (Å²) in [4.78, 5) is 2.56. The van der Waals surface area contributed by atoms with Gasteiger partial charge in [-0.1, -0.05) is 30.3 Å². The van der Waals surface area contributed by atoms with Gasteiger partial charge in [0.1, 0.15) is 5.75 Å². The lowest BCUT2D eigenvalue weighted by molar-refractivity contribution is 0.343. The largest absolute Gasteiger partial charge is 0.496 e. The van der Waals surface area contributed by atoms with E-state index in [0.29, 0.717) is 0 Å². The highest BCUT2D eigenvalue weighted by Crippen LogP contribution is 2.20. The topological polar surface area (TPSA) is 24.5 Å². The zero-order chi connectivity index (χ0) is 15.9. The number of hydrogen-bond donors (Lipinski definition) is 1. The summed E-state index contributed by atoms with van der Waals surface area (Å²) in [6.07, 6.45) is 3.85. The average molecular weight is 310 g/mol. The van der Waals surface area contributed by atoms with Gasteiger partial charge in [0.2, 0.25) is 0 Å². The highest BCUT2D eigenvalue weighted by molar-refractivity contribution is 5.47. The Morgan fingerprint density at radius 1 is 1.04 bits per heavy atom. The smallest absolute Gasteiger partial charge is 0.123 e. The van der Waals surface area contributed by atoms with Crippen LogP contribution in [0.4, 0.5) is 5.69 Å². The number of methoxy groups -OCH3 is 1. The Hall–Kier alpha value is -2.00. The molecular weight excluding hydrogens is 284 g/mol. The first-order valence-electron chi connectivity index (χ1n) is 8.52. The predicted molar refractivity (Wildman–Crippen MR) is 96.1 cm³/mol. The fourth-order valence-corrected chi connectivity index (χ4v) is 3.18. The van der Waals surface area contributed by atoms with Crippen molar-refractivity contribution < 1.29 is 4.74 Å². The van der Waals surface area contributed by atoms with Gasteiger partial charge in [0, 0.05) is 24.3 Å². The van der Waals surface area contributed by atoms with Crippen molar-refractivity contribution in [3.05, 3.63) is 59.7 Å². The molecule has 3 nitrogen and oxygen atoms in total. The molecule has 0 radical (unpaired) electrons. The summed E-state index contributed by atoms with van der Waals surface area (Å²) in [7, 11) is 1.72. The van der Waals surface area contributed by atoms with Crippen molar-refractivity contribution in [1.82, 2.24) is 4.90 Å². The van der Waals surface area contributed by atoms with Gasteiger partial charge in [0.25, 0.3) is 0 Å². The first-order chi connectivity index (χ1) is 11.3. The molecule has 0 aliphatic carbocycles. The molecule has 1 fully saturated rings. The highest BCUT2D eigenvalue weighted by atomic mass is 16.5. The fourth-order valence-electron chi connectivity index (χ4n) is 3.18. The molecule has 3 rings (SSSR count). The Balaban J connectivity index is 1.56. The molecule has 1 saturated heterocycles. The van der Waals surface area contributed by atoms with Gasteiger partial charge in [0.15, 0.2) is 0 Å². The molecule has 0 spiro atoms. The van der Waals surface area contributed by atoms with E-state index in [0.717, 1.165) is 18.7 Å². The Morgan fingerprint density at radius 3 is 2.70 bits per heavy atom. The minimum absolute atomic E-state index is 0.777. The van der Waals surface area contributed by atoms with Crippen molar-refractivity contribution in [2.45, 2.75) is 25.8 Å². The molecule has 0 atom stereocenters. The van der Waals surface area contributed by atoms with E-state index in [2.05, 4.69) is 40.5 Å². The standard InChI is InChI=1S/C20H26N2O/c1-23-20-10-3-2-8-18(20)16-21-19-9-6-7-17(15-19)11-14-22-12-4-5-13-22/h2-3,6-10,15,21H,4-5,11-14,16H2,1H3. The molecule has 0 amide bonds. The van der Waals surface area contributed by atoms with Gasteiger partial charge < -0.3 is 15.0 Å². The quantitative estimate of drug-likeness (QED) is 0.838. The molecule has 2 aromatic rings. The van der Waals surface area contributed by atoms with Crippen LogP contribution in [0.25, 0.3) is 0 Å². The molecule has 0 aromatic heterocycles. The summed E-state index contributed by atoms with van der Waals surface area (Å²) < 4.78 is 5.41. The Labute approximate surface area is 139 Å². The van der Waals surface area contributed by atoms with Crippen LogP contribution in [0.2, 0.25) is 0 Å². The first kappa shape index (κ1) is 15.9. The van der Waals surface area contributed by atoms with Crippen molar-refractivity contribution >= 4 is 5.69 Å². The van der Waals surface area contributed by atoms with E-state index < -0.39 is 0 Å². The van der Waals surface area contributed by atoms with Gasteiger partial charge in [-0.2, -0.15) is 0 Å². The number of nitrogens with one attached hydrogen (secondary N) is 1. The predicted octanol–water partition coefficient (Wildman–Crippen LogP) is 3.95. The number of para-hydroxylation sites is 1. The molecule has 1 aliphatic heterocycles. The third-order valence-electron chi connectivity index (χ3n) is 4.52. The third kappa shape index (κ3) is 4.49. The van der Waals surface area contributed by atoms with Crippen molar-refractivity contribution in [2.75, 3.05) is 32.1 Å². The van der Waals surface area contributed by atoms with Gasteiger partial charge in [-0.05, 0) is 56.1 Å². The molecule has 0 saturated carbocycles. The van der Waals surface area contributed by atoms with Gasteiger partial charge in [-0.25, -0.2) is 0 Å². The molecule has 122 valence electrons. The Morgan fingerprint density at radius 2 is 1.87 bits per heavy atom. The first-order valence-corrected chi connectivity index (χ1v) is 8.52. The number of likely N-dealkylation sites (tertiary alicyclic amines) is 1. The molecule has 2 aromatic carbocycles. The number of rotatable bonds is 7. The van der Waals surface area contributed by atoms with Gasteiger partial charge in [0.05, 0.1) is 7.11 Å². The third-order valence-corrected chi connectivity index (χ3v) is 4.52. The lowest BCUT2D eigenvalue weighted by Gasteiger charge is -2.15. The summed E-state index contributed by atoms with van der Waals surface area (Å²) in [5.41, 5.74) is 3.76. The number of hydrogen-bond acceptors (Lipinski definition) is 3. The summed E-state index contributed by atoms with van der Waals surface area (Å²) >= 11 is 0. The van der Waals surface area contributed by atoms with Crippen LogP contribution in [-0.4, -0.2) is 31.6 Å². The van der Waals surface area contributed by atoms with Crippen molar-refractivity contribution in [2.24, 2.45) is 0 Å². The summed E-state index contributed by atoms with van der Waals surface area (Å²) in [6.45, 7) is 4.49. The zero-order valence-electron chi connectivity index (χ0n) is 13.9. The molecule has 3 heteroatoms. The highest BCUT2D eigenvalue weighted by Gasteiger charge is 2.10. The summed E-state index contributed by atoms with van der Waals surface area (Å²) in [5, 5.41) is 3.51. The zero-order valence-corrected chi connectivity index (χ0v) is 13.9. The van der Waals surface area contributed by atoms with E-state index in [1.807, 2.05) is 18.2 Å². The van der Waals surface area contributed by atoms with E-state index in [4.69, 9.17) is 4.74 Å². The molecule has 1 N–H and O–H groups in total. The van der Waals surface area contributed by atoms with Crippen LogP contribution in [0.5, 0.6) is 5.75 Å². The SMILES string of the molecule is COc1ccccc1CNc1cccc(CCN2CCCC2)c1. The monoisotopic (exact) mass is 310 g/mol. The summed E-state index contributed by atoms with van der Waals surface area (Å²) in [5.74, 6) is 0.935. The van der Waals surface area contributed by atoms with E-state index in [9.17, 15) is 0 Å². The Kier molecular flexibility index (Phi) is 5.54. The van der Waals surface area contributed by atoms with Crippen molar-refractivity contribution in [1.29, 1.82) is 0 Å². The van der Waals surface area contributed by atoms with E-state index >= 15 is 0 Å². The van der Waals surface area contributed by atoms with E-state index in [-0.39, 0.29) is 0 Å². The van der Waals surface area contributed by atoms with E-state index in [1.54, 1.807) is 7.11 Å². The number of ether oxygens (including phenoxy) is 1. The van der Waals surface area contributed by atoms with Gasteiger partial charge in [-0.3, -0.25) is 0 Å². The van der Waals surface area contributed by atoms with E-state index in [1.165, 1.54) is 49.3 Å². The molecular formula is C20H26N2O. The van der Waals surface area contributed by atoms with Crippen LogP contribution >= 0.6 is 0 Å². The van der Waals surface area contributed by atoms with Crippen LogP contribution in [0.3, 0.4) is 0 Å². The second-order valence-corrected chi connectivity index (χ2v) is 6.16. The summed E-state index contributed by atoms with van der Waals surface area (Å²) in [6, 6.07) is 16.9. The lowest BCUT2D eigenvalue weighted by atomic mass is 10.1. The Bertz CT molecular complexity index is 621. The van der Waals surface area contributed by atoms with Gasteiger partial charge in [-0.15, -0.1) is 0 Å². The maximum absolute atomic E-state index is 5.41. The minimum Gasteiger partial charge on any atom is -0.496 e. The maximum atomic E-state index is 5.41. The van der Waals surface area contributed by atoms with Crippen LogP contribution in [-0.2, 0) is 13.0 Å². The number of anilines is 1. The fraction of sp³-hybridized carbons (Fsp3) is 0.400. The van der Waals surface area contributed by atoms with Crippen molar-refractivity contribution in [3.63, 3.8) is 0 Å². The maximum Gasteiger partial charge on any atom is 0.123 e. The molecule has 23 heavy (non-hydrogen) atoms. The minimum atomic E-state index is 0.777. The van der Waals surface area contributed by atoms with Crippen LogP contribution in [0.1, 0.15) is 24.0 Å². The average Bonchev–Trinajstić information content (AvgIpc) is 3.12. The molecule has 0 bridgehead atoms. The molecule has 0 unspecified atom stereocenters.